The molecule has 2 fully saturated rings. The molecule has 5 nitrogen and oxygen atoms in total. The average molecular weight is 284 g/mol. The Morgan fingerprint density at radius 2 is 2.24 bits per heavy atom. The number of carbonyl (C=O) groups excluding carboxylic acids is 1. The fourth-order valence-corrected chi connectivity index (χ4v) is 3.21. The lowest BCUT2D eigenvalue weighted by molar-refractivity contribution is -0.132. The highest BCUT2D eigenvalue weighted by Gasteiger charge is 2.30. The molecule has 2 aromatic heterocycles. The van der Waals surface area contributed by atoms with Gasteiger partial charge in [0, 0.05) is 36.5 Å². The first-order chi connectivity index (χ1) is 10.3. The fourth-order valence-electron chi connectivity index (χ4n) is 3.21. The summed E-state index contributed by atoms with van der Waals surface area (Å²) in [7, 11) is 0. The molecule has 2 aromatic rings. The topological polar surface area (TPSA) is 61.9 Å². The van der Waals surface area contributed by atoms with Crippen LogP contribution in [0.15, 0.2) is 18.3 Å². The van der Waals surface area contributed by atoms with Crippen molar-refractivity contribution in [2.24, 2.45) is 5.92 Å². The molecule has 0 spiro atoms. The number of nitrogens with one attached hydrogen (secondary N) is 1. The van der Waals surface area contributed by atoms with Crippen molar-refractivity contribution in [1.82, 2.24) is 20.1 Å². The van der Waals surface area contributed by atoms with Crippen LogP contribution in [0.2, 0.25) is 0 Å². The van der Waals surface area contributed by atoms with Crippen molar-refractivity contribution in [3.8, 4) is 0 Å². The lowest BCUT2D eigenvalue weighted by Crippen LogP contribution is -2.39. The molecule has 0 aromatic carbocycles. The van der Waals surface area contributed by atoms with Crippen molar-refractivity contribution >= 4 is 16.9 Å². The van der Waals surface area contributed by atoms with Crippen LogP contribution in [0.4, 0.5) is 0 Å². The molecule has 1 amide bonds. The number of piperidine rings is 1. The molecule has 0 radical (unpaired) electrons. The molecular formula is C16H20N4O. The maximum atomic E-state index is 12.3. The van der Waals surface area contributed by atoms with Gasteiger partial charge in [0.05, 0.1) is 6.20 Å². The van der Waals surface area contributed by atoms with Crippen LogP contribution in [0, 0.1) is 5.92 Å². The molecule has 1 atom stereocenters. The number of rotatable bonds is 3. The van der Waals surface area contributed by atoms with E-state index in [1.54, 1.807) is 6.20 Å². The number of H-pyrrole nitrogens is 1. The molecule has 110 valence electrons. The zero-order valence-electron chi connectivity index (χ0n) is 12.1. The van der Waals surface area contributed by atoms with E-state index in [2.05, 4.69) is 27.3 Å². The third-order valence-electron chi connectivity index (χ3n) is 4.67. The summed E-state index contributed by atoms with van der Waals surface area (Å²) in [6.07, 6.45) is 7.20. The predicted molar refractivity (Wildman–Crippen MR) is 79.8 cm³/mol. The molecule has 1 N–H and O–H groups in total. The number of carbonyl (C=O) groups is 1. The molecule has 5 heteroatoms. The average Bonchev–Trinajstić information content (AvgIpc) is 3.20. The van der Waals surface area contributed by atoms with Gasteiger partial charge in [-0.3, -0.25) is 9.89 Å². The zero-order chi connectivity index (χ0) is 14.2. The van der Waals surface area contributed by atoms with Crippen LogP contribution in [-0.2, 0) is 4.79 Å². The predicted octanol–water partition coefficient (Wildman–Crippen LogP) is 2.46. The minimum atomic E-state index is 0.338. The van der Waals surface area contributed by atoms with Gasteiger partial charge >= 0.3 is 0 Å². The molecule has 1 aliphatic carbocycles. The second-order valence-electron chi connectivity index (χ2n) is 6.37. The van der Waals surface area contributed by atoms with Crippen LogP contribution in [-0.4, -0.2) is 39.1 Å². The number of nitrogens with zero attached hydrogens (tertiary/aromatic N) is 3. The number of aromatic amines is 1. The Hall–Kier alpha value is -1.91. The summed E-state index contributed by atoms with van der Waals surface area (Å²) in [5.74, 6) is 1.36. The lowest BCUT2D eigenvalue weighted by atomic mass is 9.94. The number of pyridine rings is 1. The highest BCUT2D eigenvalue weighted by atomic mass is 16.2. The van der Waals surface area contributed by atoms with Crippen LogP contribution in [0.3, 0.4) is 0 Å². The van der Waals surface area contributed by atoms with E-state index in [4.69, 9.17) is 0 Å². The Labute approximate surface area is 123 Å². The molecule has 1 saturated carbocycles. The first-order valence-electron chi connectivity index (χ1n) is 7.87. The molecule has 1 saturated heterocycles. The van der Waals surface area contributed by atoms with E-state index in [-0.39, 0.29) is 0 Å². The van der Waals surface area contributed by atoms with Crippen molar-refractivity contribution in [3.05, 3.63) is 24.0 Å². The molecule has 4 rings (SSSR count). The van der Waals surface area contributed by atoms with E-state index in [1.165, 1.54) is 12.8 Å². The van der Waals surface area contributed by atoms with Crippen molar-refractivity contribution < 1.29 is 4.79 Å². The van der Waals surface area contributed by atoms with Crippen LogP contribution in [0.1, 0.15) is 43.7 Å². The summed E-state index contributed by atoms with van der Waals surface area (Å²) in [4.78, 5) is 19.0. The third kappa shape index (κ3) is 2.64. The maximum absolute atomic E-state index is 12.3. The summed E-state index contributed by atoms with van der Waals surface area (Å²) in [5.41, 5.74) is 1.92. The monoisotopic (exact) mass is 284 g/mol. The van der Waals surface area contributed by atoms with Crippen LogP contribution in [0.25, 0.3) is 11.0 Å². The second-order valence-corrected chi connectivity index (χ2v) is 6.37. The van der Waals surface area contributed by atoms with Crippen molar-refractivity contribution in [2.45, 2.75) is 38.0 Å². The molecule has 0 bridgehead atoms. The minimum absolute atomic E-state index is 0.338. The van der Waals surface area contributed by atoms with Gasteiger partial charge in [-0.05, 0) is 43.7 Å². The highest BCUT2D eigenvalue weighted by Crippen LogP contribution is 2.34. The number of likely N-dealkylation sites (tertiary alicyclic amines) is 1. The van der Waals surface area contributed by atoms with E-state index in [0.29, 0.717) is 17.7 Å². The van der Waals surface area contributed by atoms with Gasteiger partial charge < -0.3 is 4.90 Å². The summed E-state index contributed by atoms with van der Waals surface area (Å²) in [5, 5.41) is 7.98. The second kappa shape index (κ2) is 5.13. The molecule has 1 aliphatic heterocycles. The van der Waals surface area contributed by atoms with Crippen LogP contribution >= 0.6 is 0 Å². The SMILES string of the molecule is O=C(CC1CC1)N1CCC[C@@H](c2ccc3cn[nH]c3n2)C1. The molecular weight excluding hydrogens is 264 g/mol. The molecule has 2 aliphatic rings. The van der Waals surface area contributed by atoms with Gasteiger partial charge in [0.25, 0.3) is 0 Å². The van der Waals surface area contributed by atoms with Crippen molar-refractivity contribution in [2.75, 3.05) is 13.1 Å². The summed E-state index contributed by atoms with van der Waals surface area (Å²) < 4.78 is 0. The van der Waals surface area contributed by atoms with Crippen LogP contribution in [0.5, 0.6) is 0 Å². The zero-order valence-corrected chi connectivity index (χ0v) is 12.1. The quantitative estimate of drug-likeness (QED) is 0.941. The van der Waals surface area contributed by atoms with E-state index >= 15 is 0 Å². The summed E-state index contributed by atoms with van der Waals surface area (Å²) >= 11 is 0. The van der Waals surface area contributed by atoms with Gasteiger partial charge in [0.2, 0.25) is 5.91 Å². The Morgan fingerprint density at radius 3 is 3.10 bits per heavy atom. The van der Waals surface area contributed by atoms with E-state index in [1.807, 2.05) is 4.90 Å². The lowest BCUT2D eigenvalue weighted by Gasteiger charge is -2.32. The Balaban J connectivity index is 1.49. The number of amides is 1. The van der Waals surface area contributed by atoms with Crippen LogP contribution < -0.4 is 0 Å². The molecule has 21 heavy (non-hydrogen) atoms. The number of hydrogen-bond donors (Lipinski definition) is 1. The Kier molecular flexibility index (Phi) is 3.13. The van der Waals surface area contributed by atoms with E-state index in [9.17, 15) is 4.79 Å². The van der Waals surface area contributed by atoms with Gasteiger partial charge in [-0.1, -0.05) is 0 Å². The Bertz CT molecular complexity index is 661. The first-order valence-corrected chi connectivity index (χ1v) is 7.87. The van der Waals surface area contributed by atoms with Crippen molar-refractivity contribution in [1.29, 1.82) is 0 Å². The van der Waals surface area contributed by atoms with Gasteiger partial charge in [-0.15, -0.1) is 0 Å². The standard InChI is InChI=1S/C16H20N4O/c21-15(8-11-3-4-11)20-7-1-2-13(10-20)14-6-5-12-9-17-19-16(12)18-14/h5-6,9,11,13H,1-4,7-8,10H2,(H,17,18,19)/t13-/m1/s1. The molecule has 3 heterocycles. The highest BCUT2D eigenvalue weighted by molar-refractivity contribution is 5.77. The number of hydrogen-bond acceptors (Lipinski definition) is 3. The summed E-state index contributed by atoms with van der Waals surface area (Å²) in [6, 6.07) is 4.14. The fraction of sp³-hybridized carbons (Fsp3) is 0.562. The molecule has 0 unspecified atom stereocenters. The first kappa shape index (κ1) is 12.8. The smallest absolute Gasteiger partial charge is 0.222 e. The number of fused-ring (bicyclic) bond motifs is 1. The normalized spacial score (nSPS) is 22.7. The van der Waals surface area contributed by atoms with Crippen molar-refractivity contribution in [3.63, 3.8) is 0 Å². The van der Waals surface area contributed by atoms with Gasteiger partial charge in [0.15, 0.2) is 5.65 Å². The largest absolute Gasteiger partial charge is 0.342 e. The van der Waals surface area contributed by atoms with Gasteiger partial charge in [-0.2, -0.15) is 5.10 Å². The van der Waals surface area contributed by atoms with Gasteiger partial charge in [-0.25, -0.2) is 4.98 Å². The Morgan fingerprint density at radius 1 is 1.33 bits per heavy atom. The van der Waals surface area contributed by atoms with Gasteiger partial charge in [0.1, 0.15) is 0 Å². The maximum Gasteiger partial charge on any atom is 0.222 e. The minimum Gasteiger partial charge on any atom is -0.342 e. The number of aromatic nitrogens is 3. The summed E-state index contributed by atoms with van der Waals surface area (Å²) in [6.45, 7) is 1.73. The van der Waals surface area contributed by atoms with E-state index in [0.717, 1.165) is 49.1 Å². The third-order valence-corrected chi connectivity index (χ3v) is 4.67. The van der Waals surface area contributed by atoms with E-state index < -0.39 is 0 Å².